The van der Waals surface area contributed by atoms with Crippen LogP contribution in [0.15, 0.2) is 15.8 Å². The molecule has 0 bridgehead atoms. The summed E-state index contributed by atoms with van der Waals surface area (Å²) in [5.74, 6) is 0. The van der Waals surface area contributed by atoms with E-state index in [9.17, 15) is 8.42 Å². The summed E-state index contributed by atoms with van der Waals surface area (Å²) in [4.78, 5) is 0. The monoisotopic (exact) mass is 150 g/mol. The molecule has 0 saturated carbocycles. The van der Waals surface area contributed by atoms with Crippen LogP contribution in [0.4, 0.5) is 0 Å². The van der Waals surface area contributed by atoms with Crippen molar-refractivity contribution >= 4 is 10.1 Å². The minimum Gasteiger partial charge on any atom is -0.322 e. The van der Waals surface area contributed by atoms with Crippen LogP contribution in [-0.2, 0) is 10.1 Å². The average molecular weight is 150 g/mol. The zero-order valence-electron chi connectivity index (χ0n) is 4.05. The van der Waals surface area contributed by atoms with E-state index in [0.29, 0.717) is 0 Å². The van der Waals surface area contributed by atoms with Crippen molar-refractivity contribution in [2.24, 2.45) is 0 Å². The van der Waals surface area contributed by atoms with Gasteiger partial charge < -0.3 is 4.52 Å². The Balaban J connectivity index is 3.20. The summed E-state index contributed by atoms with van der Waals surface area (Å²) in [6.07, 6.45) is 0.801. The molecule has 50 valence electrons. The molecule has 0 amide bonds. The molecule has 0 aliphatic rings. The first-order valence-corrected chi connectivity index (χ1v) is 3.29. The number of aromatic nitrogens is 2. The second-order valence-corrected chi connectivity index (χ2v) is 2.56. The van der Waals surface area contributed by atoms with Gasteiger partial charge in [-0.1, -0.05) is 0 Å². The molecule has 0 aliphatic carbocycles. The molecular formula is C2H2N2O4S. The van der Waals surface area contributed by atoms with E-state index in [2.05, 4.69) is 14.9 Å². The summed E-state index contributed by atoms with van der Waals surface area (Å²) in [7, 11) is -4.25. The highest BCUT2D eigenvalue weighted by Gasteiger charge is 2.13. The predicted octanol–water partition coefficient (Wildman–Crippen LogP) is -0.684. The molecule has 9 heavy (non-hydrogen) atoms. The summed E-state index contributed by atoms with van der Waals surface area (Å²) in [5, 5.41) is 5.21. The second kappa shape index (κ2) is 1.78. The number of nitrogens with zero attached hydrogens (tertiary/aromatic N) is 2. The minimum absolute atomic E-state index is 0.650. The SMILES string of the molecule is O=S(=O)(O)c1cnno1. The molecule has 0 atom stereocenters. The van der Waals surface area contributed by atoms with Gasteiger partial charge in [0.2, 0.25) is 0 Å². The molecule has 0 aromatic carbocycles. The smallest absolute Gasteiger partial charge is 0.322 e. The first-order valence-electron chi connectivity index (χ1n) is 1.85. The maximum absolute atomic E-state index is 10.1. The van der Waals surface area contributed by atoms with Gasteiger partial charge in [-0.2, -0.15) is 8.42 Å². The van der Waals surface area contributed by atoms with E-state index in [1.54, 1.807) is 0 Å². The van der Waals surface area contributed by atoms with Gasteiger partial charge in [-0.15, -0.1) is 5.10 Å². The predicted molar refractivity (Wildman–Crippen MR) is 24.1 cm³/mol. The average Bonchev–Trinajstić information content (AvgIpc) is 2.08. The maximum atomic E-state index is 10.1. The van der Waals surface area contributed by atoms with Gasteiger partial charge in [0.25, 0.3) is 5.09 Å². The van der Waals surface area contributed by atoms with Crippen molar-refractivity contribution in [3.05, 3.63) is 6.20 Å². The van der Waals surface area contributed by atoms with Gasteiger partial charge in [-0.3, -0.25) is 4.55 Å². The van der Waals surface area contributed by atoms with Crippen molar-refractivity contribution in [1.29, 1.82) is 0 Å². The third kappa shape index (κ3) is 1.24. The lowest BCUT2D eigenvalue weighted by Gasteiger charge is -1.81. The Morgan fingerprint density at radius 2 is 2.33 bits per heavy atom. The van der Waals surface area contributed by atoms with E-state index in [4.69, 9.17) is 4.55 Å². The highest BCUT2D eigenvalue weighted by atomic mass is 32.2. The summed E-state index contributed by atoms with van der Waals surface area (Å²) in [5.41, 5.74) is 0. The summed E-state index contributed by atoms with van der Waals surface area (Å²) in [6, 6.07) is 0. The minimum atomic E-state index is -4.25. The molecule has 0 aliphatic heterocycles. The van der Waals surface area contributed by atoms with Crippen LogP contribution in [0.3, 0.4) is 0 Å². The Hall–Kier alpha value is -0.950. The summed E-state index contributed by atoms with van der Waals surface area (Å²) < 4.78 is 32.3. The van der Waals surface area contributed by atoms with Gasteiger partial charge in [0.15, 0.2) is 0 Å². The Morgan fingerprint density at radius 1 is 1.67 bits per heavy atom. The Morgan fingerprint density at radius 3 is 2.56 bits per heavy atom. The van der Waals surface area contributed by atoms with E-state index in [0.717, 1.165) is 6.20 Å². The normalized spacial score (nSPS) is 11.7. The lowest BCUT2D eigenvalue weighted by Crippen LogP contribution is -1.94. The molecule has 1 rings (SSSR count). The van der Waals surface area contributed by atoms with Crippen molar-refractivity contribution in [1.82, 2.24) is 10.4 Å². The fraction of sp³-hybridized carbons (Fsp3) is 0. The molecule has 1 aromatic rings. The van der Waals surface area contributed by atoms with Gasteiger partial charge in [0, 0.05) is 5.27 Å². The largest absolute Gasteiger partial charge is 0.332 e. The highest BCUT2D eigenvalue weighted by molar-refractivity contribution is 7.85. The van der Waals surface area contributed by atoms with Crippen LogP contribution in [0.1, 0.15) is 0 Å². The molecule has 1 heterocycles. The zero-order valence-corrected chi connectivity index (χ0v) is 4.87. The summed E-state index contributed by atoms with van der Waals surface area (Å²) >= 11 is 0. The van der Waals surface area contributed by atoms with Crippen LogP contribution >= 0.6 is 0 Å². The van der Waals surface area contributed by atoms with E-state index in [-0.39, 0.29) is 0 Å². The van der Waals surface area contributed by atoms with Crippen LogP contribution in [-0.4, -0.2) is 23.3 Å². The van der Waals surface area contributed by atoms with E-state index < -0.39 is 15.2 Å². The third-order valence-corrected chi connectivity index (χ3v) is 1.28. The Labute approximate surface area is 50.2 Å². The van der Waals surface area contributed by atoms with Gasteiger partial charge in [-0.25, -0.2) is 0 Å². The number of hydrogen-bond acceptors (Lipinski definition) is 5. The van der Waals surface area contributed by atoms with Crippen LogP contribution in [0.25, 0.3) is 0 Å². The fourth-order valence-corrected chi connectivity index (χ4v) is 0.580. The molecule has 6 nitrogen and oxygen atoms in total. The maximum Gasteiger partial charge on any atom is 0.332 e. The Bertz CT molecular complexity index is 274. The quantitative estimate of drug-likeness (QED) is 0.533. The lowest BCUT2D eigenvalue weighted by molar-refractivity contribution is 0.310. The van der Waals surface area contributed by atoms with Gasteiger partial charge >= 0.3 is 10.1 Å². The van der Waals surface area contributed by atoms with Crippen LogP contribution in [0.5, 0.6) is 0 Å². The van der Waals surface area contributed by atoms with Crippen LogP contribution in [0.2, 0.25) is 0 Å². The molecule has 1 N–H and O–H groups in total. The Kier molecular flexibility index (Phi) is 1.22. The summed E-state index contributed by atoms with van der Waals surface area (Å²) in [6.45, 7) is 0. The molecule has 0 unspecified atom stereocenters. The van der Waals surface area contributed by atoms with Crippen LogP contribution < -0.4 is 0 Å². The van der Waals surface area contributed by atoms with Gasteiger partial charge in [0.05, 0.1) is 0 Å². The van der Waals surface area contributed by atoms with Crippen molar-refractivity contribution in [2.75, 3.05) is 0 Å². The highest BCUT2D eigenvalue weighted by Crippen LogP contribution is 2.01. The molecule has 1 aromatic heterocycles. The van der Waals surface area contributed by atoms with Gasteiger partial charge in [0.1, 0.15) is 6.20 Å². The first kappa shape index (κ1) is 6.17. The van der Waals surface area contributed by atoms with E-state index in [1.165, 1.54) is 0 Å². The molecule has 0 spiro atoms. The van der Waals surface area contributed by atoms with Crippen molar-refractivity contribution in [2.45, 2.75) is 5.09 Å². The standard InChI is InChI=1S/C2H2N2O4S/c5-9(6,7)2-1-3-4-8-2/h1H,(H,5,6,7). The number of rotatable bonds is 1. The zero-order chi connectivity index (χ0) is 6.91. The first-order chi connectivity index (χ1) is 4.11. The third-order valence-electron chi connectivity index (χ3n) is 0.595. The van der Waals surface area contributed by atoms with Crippen molar-refractivity contribution in [3.8, 4) is 0 Å². The van der Waals surface area contributed by atoms with Crippen LogP contribution in [0, 0.1) is 0 Å². The molecule has 0 fully saturated rings. The fourth-order valence-electron chi connectivity index (χ4n) is 0.272. The van der Waals surface area contributed by atoms with Gasteiger partial charge in [-0.05, 0) is 0 Å². The van der Waals surface area contributed by atoms with E-state index >= 15 is 0 Å². The lowest BCUT2D eigenvalue weighted by atomic mass is 11.0. The van der Waals surface area contributed by atoms with E-state index in [1.807, 2.05) is 0 Å². The number of hydrogen-bond donors (Lipinski definition) is 1. The molecule has 7 heteroatoms. The van der Waals surface area contributed by atoms with Crippen molar-refractivity contribution in [3.63, 3.8) is 0 Å². The second-order valence-electron chi connectivity index (χ2n) is 1.21. The van der Waals surface area contributed by atoms with Crippen molar-refractivity contribution < 1.29 is 17.5 Å². The molecule has 0 saturated heterocycles. The molecular weight excluding hydrogens is 148 g/mol. The topological polar surface area (TPSA) is 93.3 Å². The molecule has 0 radical (unpaired) electrons.